The third kappa shape index (κ3) is 3.44. The summed E-state index contributed by atoms with van der Waals surface area (Å²) in [7, 11) is 0. The summed E-state index contributed by atoms with van der Waals surface area (Å²) in [5.41, 5.74) is -0.644. The van der Waals surface area contributed by atoms with Gasteiger partial charge in [-0.15, -0.1) is 0 Å². The van der Waals surface area contributed by atoms with Crippen LogP contribution >= 0.6 is 0 Å². The minimum Gasteiger partial charge on any atom is -0.507 e. The van der Waals surface area contributed by atoms with Crippen molar-refractivity contribution in [2.75, 3.05) is 5.32 Å². The Kier molecular flexibility index (Phi) is 4.32. The minimum absolute atomic E-state index is 0.0644. The third-order valence-corrected chi connectivity index (χ3v) is 2.57. The van der Waals surface area contributed by atoms with Crippen molar-refractivity contribution in [1.82, 2.24) is 0 Å². The number of aromatic hydroxyl groups is 1. The van der Waals surface area contributed by atoms with Crippen molar-refractivity contribution in [3.8, 4) is 11.5 Å². The summed E-state index contributed by atoms with van der Waals surface area (Å²) in [4.78, 5) is 11.9. The highest BCUT2D eigenvalue weighted by Gasteiger charge is 2.18. The van der Waals surface area contributed by atoms with Crippen LogP contribution in [0.25, 0.3) is 0 Å². The minimum atomic E-state index is -3.06. The second kappa shape index (κ2) is 6.17. The molecule has 4 nitrogen and oxygen atoms in total. The number of nitrogens with one attached hydrogen (secondary N) is 1. The van der Waals surface area contributed by atoms with E-state index in [1.54, 1.807) is 0 Å². The molecule has 0 aliphatic heterocycles. The molecule has 2 aromatic carbocycles. The lowest BCUT2D eigenvalue weighted by atomic mass is 10.1. The number of anilines is 1. The summed E-state index contributed by atoms with van der Waals surface area (Å²) in [6.45, 7) is -3.06. The number of ether oxygens (including phenoxy) is 1. The monoisotopic (exact) mass is 297 g/mol. The first-order valence-corrected chi connectivity index (χ1v) is 5.81. The summed E-state index contributed by atoms with van der Waals surface area (Å²) in [5.74, 6) is -2.73. The molecule has 0 heterocycles. The molecular formula is C14H10F3NO3. The summed E-state index contributed by atoms with van der Waals surface area (Å²) in [5, 5.41) is 11.7. The molecule has 2 rings (SSSR count). The van der Waals surface area contributed by atoms with E-state index in [1.165, 1.54) is 30.3 Å². The van der Waals surface area contributed by atoms with E-state index < -0.39 is 29.6 Å². The summed E-state index contributed by atoms with van der Waals surface area (Å²) in [6.07, 6.45) is 0. The van der Waals surface area contributed by atoms with Gasteiger partial charge in [-0.25, -0.2) is 4.39 Å². The molecule has 2 N–H and O–H groups in total. The first-order chi connectivity index (χ1) is 9.99. The molecule has 0 saturated heterocycles. The van der Waals surface area contributed by atoms with Crippen LogP contribution in [0.3, 0.4) is 0 Å². The molecule has 0 radical (unpaired) electrons. The van der Waals surface area contributed by atoms with E-state index in [0.717, 1.165) is 12.1 Å². The van der Waals surface area contributed by atoms with Crippen LogP contribution in [0.1, 0.15) is 10.4 Å². The highest BCUT2D eigenvalue weighted by atomic mass is 19.3. The lowest BCUT2D eigenvalue weighted by Crippen LogP contribution is -2.15. The van der Waals surface area contributed by atoms with Crippen LogP contribution in [-0.2, 0) is 0 Å². The molecule has 0 bridgehead atoms. The number of phenolic OH excluding ortho intramolecular Hbond substituents is 1. The molecule has 0 atom stereocenters. The van der Waals surface area contributed by atoms with Crippen LogP contribution in [-0.4, -0.2) is 17.6 Å². The van der Waals surface area contributed by atoms with E-state index in [1.807, 2.05) is 0 Å². The Labute approximate surface area is 117 Å². The van der Waals surface area contributed by atoms with Gasteiger partial charge in [0.25, 0.3) is 5.91 Å². The Hall–Kier alpha value is -2.70. The fourth-order valence-corrected chi connectivity index (χ4v) is 1.69. The van der Waals surface area contributed by atoms with Gasteiger partial charge < -0.3 is 15.2 Å². The van der Waals surface area contributed by atoms with Crippen molar-refractivity contribution in [3.63, 3.8) is 0 Å². The van der Waals surface area contributed by atoms with E-state index in [-0.39, 0.29) is 11.4 Å². The number of rotatable bonds is 4. The number of carbonyl (C=O) groups excluding carboxylic acids is 1. The molecule has 0 aliphatic rings. The number of alkyl halides is 2. The molecule has 0 aromatic heterocycles. The van der Waals surface area contributed by atoms with Gasteiger partial charge in [0, 0.05) is 0 Å². The van der Waals surface area contributed by atoms with E-state index in [0.29, 0.717) is 0 Å². The van der Waals surface area contributed by atoms with Gasteiger partial charge in [-0.05, 0) is 24.3 Å². The van der Waals surface area contributed by atoms with Gasteiger partial charge in [0.1, 0.15) is 22.9 Å². The standard InChI is InChI=1S/C14H10F3NO3/c15-8-4-3-6-10(19)12(8)13(20)18-9-5-1-2-7-11(9)21-14(16)17/h1-7,14,19H,(H,18,20). The highest BCUT2D eigenvalue weighted by Crippen LogP contribution is 2.27. The van der Waals surface area contributed by atoms with E-state index in [9.17, 15) is 23.1 Å². The van der Waals surface area contributed by atoms with Crippen molar-refractivity contribution < 1.29 is 27.8 Å². The molecule has 7 heteroatoms. The Morgan fingerprint density at radius 2 is 1.86 bits per heavy atom. The second-order valence-corrected chi connectivity index (χ2v) is 3.96. The SMILES string of the molecule is O=C(Nc1ccccc1OC(F)F)c1c(O)cccc1F. The highest BCUT2D eigenvalue weighted by molar-refractivity contribution is 6.07. The van der Waals surface area contributed by atoms with Crippen LogP contribution in [0, 0.1) is 5.82 Å². The number of phenols is 1. The fraction of sp³-hybridized carbons (Fsp3) is 0.0714. The fourth-order valence-electron chi connectivity index (χ4n) is 1.69. The number of hydrogen-bond acceptors (Lipinski definition) is 3. The Bertz CT molecular complexity index is 641. The number of halogens is 3. The van der Waals surface area contributed by atoms with E-state index >= 15 is 0 Å². The Balaban J connectivity index is 2.28. The van der Waals surface area contributed by atoms with Crippen molar-refractivity contribution >= 4 is 11.6 Å². The maximum absolute atomic E-state index is 13.5. The number of para-hydroxylation sites is 2. The van der Waals surface area contributed by atoms with Crippen molar-refractivity contribution in [2.45, 2.75) is 6.61 Å². The normalized spacial score (nSPS) is 10.5. The number of amides is 1. The van der Waals surface area contributed by atoms with Gasteiger partial charge in [0.15, 0.2) is 0 Å². The summed E-state index contributed by atoms with van der Waals surface area (Å²) >= 11 is 0. The van der Waals surface area contributed by atoms with E-state index in [4.69, 9.17) is 0 Å². The van der Waals surface area contributed by atoms with Crippen molar-refractivity contribution in [3.05, 3.63) is 53.8 Å². The number of hydrogen-bond donors (Lipinski definition) is 2. The predicted molar refractivity (Wildman–Crippen MR) is 69.1 cm³/mol. The van der Waals surface area contributed by atoms with Gasteiger partial charge in [-0.1, -0.05) is 18.2 Å². The number of benzene rings is 2. The third-order valence-electron chi connectivity index (χ3n) is 2.57. The molecule has 0 spiro atoms. The molecule has 2 aromatic rings. The van der Waals surface area contributed by atoms with Gasteiger partial charge in [0.05, 0.1) is 5.69 Å². The zero-order valence-corrected chi connectivity index (χ0v) is 10.5. The molecule has 1 amide bonds. The zero-order chi connectivity index (χ0) is 15.4. The maximum atomic E-state index is 13.5. The largest absolute Gasteiger partial charge is 0.507 e. The van der Waals surface area contributed by atoms with Crippen LogP contribution < -0.4 is 10.1 Å². The molecule has 110 valence electrons. The quantitative estimate of drug-likeness (QED) is 0.909. The molecule has 0 fully saturated rings. The van der Waals surface area contributed by atoms with Crippen molar-refractivity contribution in [1.29, 1.82) is 0 Å². The average Bonchev–Trinajstić information content (AvgIpc) is 2.40. The average molecular weight is 297 g/mol. The Morgan fingerprint density at radius 3 is 2.52 bits per heavy atom. The van der Waals surface area contributed by atoms with Gasteiger partial charge in [-0.2, -0.15) is 8.78 Å². The number of carbonyl (C=O) groups is 1. The first-order valence-electron chi connectivity index (χ1n) is 5.81. The predicted octanol–water partition coefficient (Wildman–Crippen LogP) is 3.39. The van der Waals surface area contributed by atoms with Crippen LogP contribution in [0.2, 0.25) is 0 Å². The maximum Gasteiger partial charge on any atom is 0.387 e. The second-order valence-electron chi connectivity index (χ2n) is 3.96. The Morgan fingerprint density at radius 1 is 1.14 bits per heavy atom. The lowest BCUT2D eigenvalue weighted by Gasteiger charge is -2.12. The molecule has 21 heavy (non-hydrogen) atoms. The molecule has 0 unspecified atom stereocenters. The van der Waals surface area contributed by atoms with E-state index in [2.05, 4.69) is 10.1 Å². The van der Waals surface area contributed by atoms with Crippen molar-refractivity contribution in [2.24, 2.45) is 0 Å². The van der Waals surface area contributed by atoms with Gasteiger partial charge in [0.2, 0.25) is 0 Å². The lowest BCUT2D eigenvalue weighted by molar-refractivity contribution is -0.0493. The molecule has 0 aliphatic carbocycles. The first kappa shape index (κ1) is 14.7. The molecule has 0 saturated carbocycles. The molecular weight excluding hydrogens is 287 g/mol. The van der Waals surface area contributed by atoms with Crippen LogP contribution in [0.15, 0.2) is 42.5 Å². The van der Waals surface area contributed by atoms with Crippen LogP contribution in [0.5, 0.6) is 11.5 Å². The zero-order valence-electron chi connectivity index (χ0n) is 10.5. The topological polar surface area (TPSA) is 58.6 Å². The smallest absolute Gasteiger partial charge is 0.387 e. The van der Waals surface area contributed by atoms with Crippen LogP contribution in [0.4, 0.5) is 18.9 Å². The van der Waals surface area contributed by atoms with Gasteiger partial charge in [-0.3, -0.25) is 4.79 Å². The van der Waals surface area contributed by atoms with Gasteiger partial charge >= 0.3 is 6.61 Å². The summed E-state index contributed by atoms with van der Waals surface area (Å²) < 4.78 is 42.3. The summed E-state index contributed by atoms with van der Waals surface area (Å²) in [6, 6.07) is 8.82.